The van der Waals surface area contributed by atoms with Gasteiger partial charge in [0, 0.05) is 25.7 Å². The van der Waals surface area contributed by atoms with Crippen LogP contribution in [-0.2, 0) is 19.2 Å². The average molecular weight is 431 g/mol. The quantitative estimate of drug-likeness (QED) is 0.234. The minimum Gasteiger partial charge on any atom is -0.303 e. The maximum atomic E-state index is 10.8. The highest BCUT2D eigenvalue weighted by Gasteiger charge is 2.10. The SMILES string of the molecule is CC.CC.CCC(C)CC(=O)C(C)=O.CCCC.CCCCC(C=O)CCC(C)=O. The van der Waals surface area contributed by atoms with Crippen LogP contribution < -0.4 is 0 Å². The van der Waals surface area contributed by atoms with Gasteiger partial charge in [-0.2, -0.15) is 0 Å². The van der Waals surface area contributed by atoms with Crippen LogP contribution in [0.4, 0.5) is 0 Å². The predicted molar refractivity (Wildman–Crippen MR) is 132 cm³/mol. The van der Waals surface area contributed by atoms with Gasteiger partial charge in [-0.05, 0) is 25.7 Å². The highest BCUT2D eigenvalue weighted by atomic mass is 16.2. The van der Waals surface area contributed by atoms with Gasteiger partial charge in [0.2, 0.25) is 0 Å². The molecule has 0 aliphatic carbocycles. The highest BCUT2D eigenvalue weighted by molar-refractivity contribution is 6.36. The Bertz CT molecular complexity index is 373. The minimum atomic E-state index is -0.319. The Labute approximate surface area is 189 Å². The first-order valence-corrected chi connectivity index (χ1v) is 12.2. The molecule has 0 saturated heterocycles. The third kappa shape index (κ3) is 41.1. The highest BCUT2D eigenvalue weighted by Crippen LogP contribution is 2.12. The first-order valence-electron chi connectivity index (χ1n) is 12.2. The smallest absolute Gasteiger partial charge is 0.198 e. The lowest BCUT2D eigenvalue weighted by atomic mass is 9.97. The van der Waals surface area contributed by atoms with Crippen molar-refractivity contribution in [3.05, 3.63) is 0 Å². The summed E-state index contributed by atoms with van der Waals surface area (Å²) in [6.45, 7) is 21.3. The number of ketones is 3. The number of aldehydes is 1. The zero-order valence-corrected chi connectivity index (χ0v) is 22.2. The van der Waals surface area contributed by atoms with Crippen LogP contribution in [0.1, 0.15) is 134 Å². The zero-order chi connectivity index (χ0) is 25.0. The van der Waals surface area contributed by atoms with Crippen LogP contribution in [0.2, 0.25) is 0 Å². The van der Waals surface area contributed by atoms with Crippen LogP contribution in [0.25, 0.3) is 0 Å². The Balaban J connectivity index is -0.000000104. The molecule has 0 radical (unpaired) electrons. The fourth-order valence-electron chi connectivity index (χ4n) is 1.74. The van der Waals surface area contributed by atoms with Crippen LogP contribution >= 0.6 is 0 Å². The molecule has 0 rings (SSSR count). The molecule has 4 heteroatoms. The van der Waals surface area contributed by atoms with Gasteiger partial charge < -0.3 is 9.59 Å². The topological polar surface area (TPSA) is 68.3 Å². The number of rotatable bonds is 12. The van der Waals surface area contributed by atoms with Crippen molar-refractivity contribution < 1.29 is 19.2 Å². The molecule has 30 heavy (non-hydrogen) atoms. The van der Waals surface area contributed by atoms with Crippen molar-refractivity contribution in [2.24, 2.45) is 11.8 Å². The lowest BCUT2D eigenvalue weighted by Gasteiger charge is -2.06. The second kappa shape index (κ2) is 35.1. The first kappa shape index (κ1) is 39.2. The molecule has 0 saturated carbocycles. The molecule has 0 aromatic rings. The van der Waals surface area contributed by atoms with Crippen molar-refractivity contribution in [2.75, 3.05) is 0 Å². The van der Waals surface area contributed by atoms with Crippen molar-refractivity contribution >= 4 is 23.6 Å². The summed E-state index contributed by atoms with van der Waals surface area (Å²) in [5.74, 6) is 0.0678. The van der Waals surface area contributed by atoms with E-state index < -0.39 is 0 Å². The maximum Gasteiger partial charge on any atom is 0.198 e. The van der Waals surface area contributed by atoms with Crippen LogP contribution in [0.5, 0.6) is 0 Å². The summed E-state index contributed by atoms with van der Waals surface area (Å²) < 4.78 is 0. The van der Waals surface area contributed by atoms with E-state index in [1.165, 1.54) is 19.8 Å². The van der Waals surface area contributed by atoms with E-state index in [9.17, 15) is 19.2 Å². The predicted octanol–water partition coefficient (Wildman–Crippen LogP) is 7.80. The minimum absolute atomic E-state index is 0.105. The number of hydrogen-bond donors (Lipinski definition) is 0. The third-order valence-corrected chi connectivity index (χ3v) is 4.11. The Hall–Kier alpha value is -1.32. The molecule has 0 aromatic carbocycles. The van der Waals surface area contributed by atoms with E-state index in [4.69, 9.17) is 0 Å². The standard InChI is InChI=1S/C10H18O2.C8H14O2.C4H10.2C2H6/c1-3-4-5-10(8-11)7-6-9(2)12;1-4-6(2)5-8(10)7(3)9;1-3-4-2;2*1-2/h8,10H,3-7H2,1-2H3;6H,4-5H2,1-3H3;3-4H2,1-2H3;2*1-2H3. The van der Waals surface area contributed by atoms with Gasteiger partial charge in [0.25, 0.3) is 0 Å². The molecular formula is C26H54O4. The van der Waals surface area contributed by atoms with Crippen molar-refractivity contribution in [2.45, 2.75) is 134 Å². The van der Waals surface area contributed by atoms with Gasteiger partial charge in [-0.1, -0.05) is 94.4 Å². The average Bonchev–Trinajstić information content (AvgIpc) is 2.76. The van der Waals surface area contributed by atoms with Crippen molar-refractivity contribution in [1.29, 1.82) is 0 Å². The van der Waals surface area contributed by atoms with Crippen LogP contribution in [0, 0.1) is 11.8 Å². The van der Waals surface area contributed by atoms with Crippen molar-refractivity contribution in [1.82, 2.24) is 0 Å². The third-order valence-electron chi connectivity index (χ3n) is 4.11. The molecule has 4 nitrogen and oxygen atoms in total. The molecular weight excluding hydrogens is 376 g/mol. The summed E-state index contributed by atoms with van der Waals surface area (Å²) in [5, 5.41) is 0. The monoisotopic (exact) mass is 430 g/mol. The van der Waals surface area contributed by atoms with Crippen molar-refractivity contribution in [3.8, 4) is 0 Å². The molecule has 0 aromatic heterocycles. The Morgan fingerprint density at radius 1 is 0.800 bits per heavy atom. The normalized spacial score (nSPS) is 10.6. The summed E-state index contributed by atoms with van der Waals surface area (Å²) in [5.41, 5.74) is 0. The molecule has 0 N–H and O–H groups in total. The number of carbonyl (C=O) groups is 4. The second-order valence-electron chi connectivity index (χ2n) is 6.98. The summed E-state index contributed by atoms with van der Waals surface area (Å²) in [6, 6.07) is 0. The lowest BCUT2D eigenvalue weighted by Crippen LogP contribution is -2.12. The van der Waals surface area contributed by atoms with Gasteiger partial charge in [-0.15, -0.1) is 0 Å². The number of unbranched alkanes of at least 4 members (excludes halogenated alkanes) is 2. The molecule has 2 atom stereocenters. The number of hydrogen-bond acceptors (Lipinski definition) is 4. The van der Waals surface area contributed by atoms with Crippen LogP contribution in [-0.4, -0.2) is 23.6 Å². The van der Waals surface area contributed by atoms with Gasteiger partial charge >= 0.3 is 0 Å². The van der Waals surface area contributed by atoms with E-state index in [2.05, 4.69) is 20.8 Å². The Morgan fingerprint density at radius 2 is 1.27 bits per heavy atom. The van der Waals surface area contributed by atoms with Gasteiger partial charge in [0.05, 0.1) is 0 Å². The molecule has 0 aliphatic heterocycles. The van der Waals surface area contributed by atoms with E-state index >= 15 is 0 Å². The molecule has 0 fully saturated rings. The van der Waals surface area contributed by atoms with Gasteiger partial charge in [0.15, 0.2) is 11.6 Å². The molecule has 0 spiro atoms. The molecule has 182 valence electrons. The summed E-state index contributed by atoms with van der Waals surface area (Å²) in [4.78, 5) is 42.3. The molecule has 2 unspecified atom stereocenters. The molecule has 0 amide bonds. The van der Waals surface area contributed by atoms with Crippen LogP contribution in [0.3, 0.4) is 0 Å². The first-order chi connectivity index (χ1) is 14.2. The largest absolute Gasteiger partial charge is 0.303 e. The van der Waals surface area contributed by atoms with E-state index in [0.29, 0.717) is 18.8 Å². The Kier molecular flexibility index (Phi) is 45.9. The van der Waals surface area contributed by atoms with Crippen LogP contribution in [0.15, 0.2) is 0 Å². The summed E-state index contributed by atoms with van der Waals surface area (Å²) >= 11 is 0. The Morgan fingerprint density at radius 3 is 1.53 bits per heavy atom. The lowest BCUT2D eigenvalue weighted by molar-refractivity contribution is -0.135. The van der Waals surface area contributed by atoms with E-state index in [1.54, 1.807) is 6.92 Å². The fourth-order valence-corrected chi connectivity index (χ4v) is 1.74. The summed E-state index contributed by atoms with van der Waals surface area (Å²) in [7, 11) is 0. The summed E-state index contributed by atoms with van der Waals surface area (Å²) in [6.07, 6.45) is 9.41. The van der Waals surface area contributed by atoms with E-state index in [0.717, 1.165) is 38.4 Å². The zero-order valence-electron chi connectivity index (χ0n) is 22.2. The molecule has 0 heterocycles. The second-order valence-corrected chi connectivity index (χ2v) is 6.98. The number of carbonyl (C=O) groups excluding carboxylic acids is 4. The molecule has 0 bridgehead atoms. The molecule has 0 aliphatic rings. The van der Waals surface area contributed by atoms with Crippen molar-refractivity contribution in [3.63, 3.8) is 0 Å². The van der Waals surface area contributed by atoms with Gasteiger partial charge in [-0.3, -0.25) is 9.59 Å². The van der Waals surface area contributed by atoms with Gasteiger partial charge in [-0.25, -0.2) is 0 Å². The maximum absolute atomic E-state index is 10.8. The van der Waals surface area contributed by atoms with Gasteiger partial charge in [0.1, 0.15) is 12.1 Å². The number of Topliss-reactive ketones (excluding diaryl/α,β-unsaturated/α-hetero) is 3. The fraction of sp³-hybridized carbons (Fsp3) is 0.846. The van der Waals surface area contributed by atoms with E-state index in [1.807, 2.05) is 41.5 Å². The van der Waals surface area contributed by atoms with E-state index in [-0.39, 0.29) is 23.3 Å².